The van der Waals surface area contributed by atoms with E-state index in [2.05, 4.69) is 15.2 Å². The van der Waals surface area contributed by atoms with Crippen molar-refractivity contribution in [1.29, 1.82) is 0 Å². The summed E-state index contributed by atoms with van der Waals surface area (Å²) in [6, 6.07) is 7.11. The highest BCUT2D eigenvalue weighted by molar-refractivity contribution is 5.87. The number of rotatable bonds is 5. The van der Waals surface area contributed by atoms with Crippen molar-refractivity contribution >= 4 is 5.71 Å². The fourth-order valence-corrected chi connectivity index (χ4v) is 3.27. The first-order valence-corrected chi connectivity index (χ1v) is 8.21. The fourth-order valence-electron chi connectivity index (χ4n) is 3.27. The van der Waals surface area contributed by atoms with E-state index in [4.69, 9.17) is 0 Å². The summed E-state index contributed by atoms with van der Waals surface area (Å²) in [5.41, 5.74) is 2.10. The number of nitrogens with zero attached hydrogens (tertiary/aromatic N) is 2. The molecular weight excluding hydrogens is 277 g/mol. The summed E-state index contributed by atoms with van der Waals surface area (Å²) in [5.74, 6) is 0.671. The zero-order valence-electron chi connectivity index (χ0n) is 13.0. The van der Waals surface area contributed by atoms with Crippen LogP contribution in [-0.2, 0) is 6.42 Å². The van der Waals surface area contributed by atoms with E-state index in [1.54, 1.807) is 12.1 Å². The van der Waals surface area contributed by atoms with Gasteiger partial charge in [0.2, 0.25) is 0 Å². The Labute approximate surface area is 131 Å². The monoisotopic (exact) mass is 301 g/mol. The maximum atomic E-state index is 13.6. The van der Waals surface area contributed by atoms with E-state index >= 15 is 0 Å². The molecule has 3 rings (SSSR count). The van der Waals surface area contributed by atoms with Crippen molar-refractivity contribution in [2.75, 3.05) is 26.2 Å². The van der Waals surface area contributed by atoms with E-state index in [0.717, 1.165) is 50.5 Å². The summed E-state index contributed by atoms with van der Waals surface area (Å²) < 4.78 is 13.6. The number of aliphatic imine (C=N–C) groups is 1. The van der Waals surface area contributed by atoms with Gasteiger partial charge in [0.15, 0.2) is 0 Å². The lowest BCUT2D eigenvalue weighted by Crippen LogP contribution is -2.36. The highest BCUT2D eigenvalue weighted by Crippen LogP contribution is 2.22. The molecule has 0 aromatic heterocycles. The molecule has 0 amide bonds. The molecule has 1 fully saturated rings. The van der Waals surface area contributed by atoms with Crippen LogP contribution in [0.15, 0.2) is 41.7 Å². The van der Waals surface area contributed by atoms with Gasteiger partial charge in [0.05, 0.1) is 6.54 Å². The molecule has 0 atom stereocenters. The summed E-state index contributed by atoms with van der Waals surface area (Å²) >= 11 is 0. The van der Waals surface area contributed by atoms with Crippen molar-refractivity contribution in [2.45, 2.75) is 25.7 Å². The molecule has 0 bridgehead atoms. The molecule has 0 saturated carbocycles. The van der Waals surface area contributed by atoms with E-state index in [1.807, 2.05) is 24.5 Å². The van der Waals surface area contributed by atoms with Crippen LogP contribution in [0.2, 0.25) is 0 Å². The van der Waals surface area contributed by atoms with Gasteiger partial charge in [-0.3, -0.25) is 4.99 Å². The number of piperidine rings is 1. The molecule has 118 valence electrons. The van der Waals surface area contributed by atoms with Crippen LogP contribution in [0.3, 0.4) is 0 Å². The lowest BCUT2D eigenvalue weighted by Gasteiger charge is -2.32. The Bertz CT molecular complexity index is 545. The topological polar surface area (TPSA) is 27.6 Å². The molecule has 3 nitrogen and oxygen atoms in total. The fraction of sp³-hybridized carbons (Fsp3) is 0.500. The molecule has 2 heterocycles. The van der Waals surface area contributed by atoms with Crippen LogP contribution in [-0.4, -0.2) is 36.8 Å². The van der Waals surface area contributed by atoms with Gasteiger partial charge in [-0.05, 0) is 56.3 Å². The molecule has 1 aromatic carbocycles. The molecule has 0 aliphatic carbocycles. The minimum atomic E-state index is -0.0757. The van der Waals surface area contributed by atoms with Gasteiger partial charge in [-0.1, -0.05) is 18.2 Å². The summed E-state index contributed by atoms with van der Waals surface area (Å²) in [7, 11) is 0. The van der Waals surface area contributed by atoms with Crippen LogP contribution in [0.4, 0.5) is 4.39 Å². The SMILES string of the molecule is Fc1ccccc1CCN1CCC(CC2=NC=CNC2)CC1. The smallest absolute Gasteiger partial charge is 0.126 e. The first kappa shape index (κ1) is 15.2. The van der Waals surface area contributed by atoms with Crippen LogP contribution >= 0.6 is 0 Å². The Morgan fingerprint density at radius 3 is 2.77 bits per heavy atom. The van der Waals surface area contributed by atoms with E-state index in [1.165, 1.54) is 18.6 Å². The van der Waals surface area contributed by atoms with Gasteiger partial charge in [-0.25, -0.2) is 4.39 Å². The second kappa shape index (κ2) is 7.54. The second-order valence-electron chi connectivity index (χ2n) is 6.22. The average molecular weight is 301 g/mol. The van der Waals surface area contributed by atoms with Gasteiger partial charge >= 0.3 is 0 Å². The first-order valence-electron chi connectivity index (χ1n) is 8.21. The number of hydrogen-bond acceptors (Lipinski definition) is 3. The minimum absolute atomic E-state index is 0.0757. The molecule has 1 saturated heterocycles. The maximum absolute atomic E-state index is 13.6. The Morgan fingerprint density at radius 2 is 2.05 bits per heavy atom. The Hall–Kier alpha value is -1.68. The normalized spacial score (nSPS) is 19.8. The number of hydrogen-bond donors (Lipinski definition) is 1. The zero-order chi connectivity index (χ0) is 15.2. The maximum Gasteiger partial charge on any atom is 0.126 e. The number of nitrogens with one attached hydrogen (secondary N) is 1. The van der Waals surface area contributed by atoms with Crippen LogP contribution in [0.5, 0.6) is 0 Å². The predicted molar refractivity (Wildman–Crippen MR) is 88.5 cm³/mol. The predicted octanol–water partition coefficient (Wildman–Crippen LogP) is 2.99. The van der Waals surface area contributed by atoms with Crippen molar-refractivity contribution in [3.8, 4) is 0 Å². The average Bonchev–Trinajstić information content (AvgIpc) is 2.56. The molecule has 2 aliphatic heterocycles. The van der Waals surface area contributed by atoms with Gasteiger partial charge < -0.3 is 10.2 Å². The quantitative estimate of drug-likeness (QED) is 0.905. The summed E-state index contributed by atoms with van der Waals surface area (Å²) in [6.45, 7) is 4.09. The van der Waals surface area contributed by atoms with Crippen molar-refractivity contribution in [1.82, 2.24) is 10.2 Å². The number of likely N-dealkylation sites (tertiary alicyclic amines) is 1. The summed E-state index contributed by atoms with van der Waals surface area (Å²) in [6.07, 6.45) is 8.11. The standard InChI is InChI=1S/C18H24FN3/c19-18-4-2-1-3-16(18)7-12-22-10-5-15(6-11-22)13-17-14-20-8-9-21-17/h1-4,8-9,15,20H,5-7,10-14H2. The van der Waals surface area contributed by atoms with Crippen LogP contribution in [0.25, 0.3) is 0 Å². The molecule has 1 aromatic rings. The van der Waals surface area contributed by atoms with E-state index in [9.17, 15) is 4.39 Å². The largest absolute Gasteiger partial charge is 0.384 e. The Balaban J connectivity index is 1.41. The van der Waals surface area contributed by atoms with Crippen LogP contribution in [0.1, 0.15) is 24.8 Å². The molecule has 1 N–H and O–H groups in total. The van der Waals surface area contributed by atoms with Gasteiger partial charge in [0, 0.05) is 24.7 Å². The van der Waals surface area contributed by atoms with Gasteiger partial charge in [-0.15, -0.1) is 0 Å². The summed E-state index contributed by atoms with van der Waals surface area (Å²) in [5, 5.41) is 3.22. The van der Waals surface area contributed by atoms with Crippen molar-refractivity contribution in [2.24, 2.45) is 10.9 Å². The lowest BCUT2D eigenvalue weighted by atomic mass is 9.91. The Kier molecular flexibility index (Phi) is 5.22. The van der Waals surface area contributed by atoms with E-state index < -0.39 is 0 Å². The number of halogens is 1. The van der Waals surface area contributed by atoms with Crippen LogP contribution < -0.4 is 5.32 Å². The summed E-state index contributed by atoms with van der Waals surface area (Å²) in [4.78, 5) is 6.91. The molecule has 0 unspecified atom stereocenters. The molecular formula is C18H24FN3. The minimum Gasteiger partial charge on any atom is -0.384 e. The third-order valence-corrected chi connectivity index (χ3v) is 4.64. The van der Waals surface area contributed by atoms with Gasteiger partial charge in [0.25, 0.3) is 0 Å². The Morgan fingerprint density at radius 1 is 1.23 bits per heavy atom. The molecule has 0 spiro atoms. The first-order chi connectivity index (χ1) is 10.8. The van der Waals surface area contributed by atoms with Crippen molar-refractivity contribution < 1.29 is 4.39 Å². The third-order valence-electron chi connectivity index (χ3n) is 4.64. The number of benzene rings is 1. The molecule has 2 aliphatic rings. The molecule has 0 radical (unpaired) electrons. The van der Waals surface area contributed by atoms with E-state index in [-0.39, 0.29) is 5.82 Å². The highest BCUT2D eigenvalue weighted by atomic mass is 19.1. The second-order valence-corrected chi connectivity index (χ2v) is 6.22. The van der Waals surface area contributed by atoms with Crippen LogP contribution in [0, 0.1) is 11.7 Å². The van der Waals surface area contributed by atoms with Gasteiger partial charge in [-0.2, -0.15) is 0 Å². The molecule has 22 heavy (non-hydrogen) atoms. The van der Waals surface area contributed by atoms with Crippen molar-refractivity contribution in [3.05, 3.63) is 48.0 Å². The molecule has 4 heteroatoms. The lowest BCUT2D eigenvalue weighted by molar-refractivity contribution is 0.188. The zero-order valence-corrected chi connectivity index (χ0v) is 13.0. The van der Waals surface area contributed by atoms with Crippen molar-refractivity contribution in [3.63, 3.8) is 0 Å². The third kappa shape index (κ3) is 4.17. The highest BCUT2D eigenvalue weighted by Gasteiger charge is 2.20. The van der Waals surface area contributed by atoms with Gasteiger partial charge in [0.1, 0.15) is 5.82 Å². The van der Waals surface area contributed by atoms with E-state index in [0.29, 0.717) is 0 Å².